The largest absolute Gasteiger partial charge is 0.348 e. The van der Waals surface area contributed by atoms with Crippen LogP contribution in [0.2, 0.25) is 0 Å². The second kappa shape index (κ2) is 5.81. The van der Waals surface area contributed by atoms with E-state index < -0.39 is 5.92 Å². The topological polar surface area (TPSA) is 55.1 Å². The van der Waals surface area contributed by atoms with Gasteiger partial charge in [-0.15, -0.1) is 11.3 Å². The number of anilines is 1. The Morgan fingerprint density at radius 1 is 1.22 bits per heavy atom. The zero-order chi connectivity index (χ0) is 15.9. The van der Waals surface area contributed by atoms with Crippen LogP contribution in [0, 0.1) is 5.92 Å². The molecule has 8 heteroatoms. The molecule has 2 aromatic rings. The lowest BCUT2D eigenvalue weighted by atomic mass is 9.79. The molecule has 23 heavy (non-hydrogen) atoms. The van der Waals surface area contributed by atoms with Gasteiger partial charge in [0, 0.05) is 37.7 Å². The van der Waals surface area contributed by atoms with Crippen molar-refractivity contribution < 1.29 is 13.3 Å². The molecule has 124 valence electrons. The van der Waals surface area contributed by atoms with Crippen molar-refractivity contribution in [2.45, 2.75) is 44.4 Å². The van der Waals surface area contributed by atoms with E-state index in [0.29, 0.717) is 23.8 Å². The average Bonchev–Trinajstić information content (AvgIpc) is 3.15. The van der Waals surface area contributed by atoms with Crippen molar-refractivity contribution in [3.8, 4) is 11.6 Å². The highest BCUT2D eigenvalue weighted by Crippen LogP contribution is 2.43. The van der Waals surface area contributed by atoms with Crippen molar-refractivity contribution in [1.82, 2.24) is 15.1 Å². The van der Waals surface area contributed by atoms with E-state index in [1.165, 1.54) is 19.3 Å². The molecule has 1 saturated heterocycles. The van der Waals surface area contributed by atoms with Crippen LogP contribution in [0.5, 0.6) is 0 Å². The molecule has 0 spiro atoms. The van der Waals surface area contributed by atoms with Crippen LogP contribution >= 0.6 is 11.3 Å². The van der Waals surface area contributed by atoms with Gasteiger partial charge in [0.1, 0.15) is 5.69 Å². The Kier molecular flexibility index (Phi) is 3.79. The first-order valence-electron chi connectivity index (χ1n) is 8.00. The first kappa shape index (κ1) is 15.0. The number of aromatic nitrogens is 3. The minimum atomic E-state index is -2.50. The lowest BCUT2D eigenvalue weighted by molar-refractivity contribution is -0.110. The van der Waals surface area contributed by atoms with Crippen LogP contribution in [0.3, 0.4) is 0 Å². The summed E-state index contributed by atoms with van der Waals surface area (Å²) in [6.07, 6.45) is 3.97. The second-order valence-electron chi connectivity index (χ2n) is 6.41. The SMILES string of the molecule is FC1(F)CC(Cc2noc(-c3csc(N4CCCCC4)n3)n2)C1. The molecule has 2 aliphatic rings. The van der Waals surface area contributed by atoms with Crippen molar-refractivity contribution in [1.29, 1.82) is 0 Å². The Bertz CT molecular complexity index is 673. The van der Waals surface area contributed by atoms with Crippen LogP contribution in [-0.2, 0) is 6.42 Å². The average molecular weight is 340 g/mol. The van der Waals surface area contributed by atoms with Gasteiger partial charge in [-0.25, -0.2) is 13.8 Å². The predicted molar refractivity (Wildman–Crippen MR) is 82.8 cm³/mol. The summed E-state index contributed by atoms with van der Waals surface area (Å²) < 4.78 is 31.0. The number of thiazole rings is 1. The van der Waals surface area contributed by atoms with Gasteiger partial charge in [-0.05, 0) is 25.2 Å². The predicted octanol–water partition coefficient (Wildman–Crippen LogP) is 3.77. The molecule has 2 aromatic heterocycles. The van der Waals surface area contributed by atoms with Gasteiger partial charge in [-0.2, -0.15) is 4.98 Å². The molecular formula is C15H18F2N4OS. The maximum absolute atomic E-state index is 12.9. The summed E-state index contributed by atoms with van der Waals surface area (Å²) in [6, 6.07) is 0. The standard InChI is InChI=1S/C15H18F2N4OS/c16-15(17)7-10(8-15)6-12-19-13(22-20-12)11-9-23-14(18-11)21-4-2-1-3-5-21/h9-10H,1-8H2. The molecule has 1 aliphatic carbocycles. The molecule has 1 aliphatic heterocycles. The fourth-order valence-corrected chi connectivity index (χ4v) is 4.07. The second-order valence-corrected chi connectivity index (χ2v) is 7.25. The summed E-state index contributed by atoms with van der Waals surface area (Å²) in [6.45, 7) is 2.08. The van der Waals surface area contributed by atoms with Gasteiger partial charge in [-0.3, -0.25) is 0 Å². The molecule has 0 radical (unpaired) electrons. The smallest absolute Gasteiger partial charge is 0.277 e. The summed E-state index contributed by atoms with van der Waals surface area (Å²) >= 11 is 1.58. The number of halogens is 2. The molecule has 3 heterocycles. The lowest BCUT2D eigenvalue weighted by Gasteiger charge is -2.34. The minimum absolute atomic E-state index is 0.0465. The molecule has 0 atom stereocenters. The third-order valence-corrected chi connectivity index (χ3v) is 5.35. The van der Waals surface area contributed by atoms with Gasteiger partial charge < -0.3 is 9.42 Å². The Hall–Kier alpha value is -1.57. The van der Waals surface area contributed by atoms with Crippen LogP contribution < -0.4 is 4.90 Å². The maximum Gasteiger partial charge on any atom is 0.277 e. The van der Waals surface area contributed by atoms with Crippen molar-refractivity contribution >= 4 is 16.5 Å². The van der Waals surface area contributed by atoms with Crippen LogP contribution in [0.4, 0.5) is 13.9 Å². The molecule has 5 nitrogen and oxygen atoms in total. The molecular weight excluding hydrogens is 322 g/mol. The van der Waals surface area contributed by atoms with Gasteiger partial charge in [0.25, 0.3) is 5.89 Å². The zero-order valence-electron chi connectivity index (χ0n) is 12.7. The monoisotopic (exact) mass is 340 g/mol. The van der Waals surface area contributed by atoms with Crippen molar-refractivity contribution in [3.05, 3.63) is 11.2 Å². The van der Waals surface area contributed by atoms with Gasteiger partial charge >= 0.3 is 0 Å². The van der Waals surface area contributed by atoms with Crippen LogP contribution in [0.1, 0.15) is 37.9 Å². The van der Waals surface area contributed by atoms with E-state index in [1.54, 1.807) is 11.3 Å². The van der Waals surface area contributed by atoms with Gasteiger partial charge in [-0.1, -0.05) is 5.16 Å². The van der Waals surface area contributed by atoms with E-state index in [0.717, 1.165) is 18.2 Å². The van der Waals surface area contributed by atoms with E-state index >= 15 is 0 Å². The first-order valence-corrected chi connectivity index (χ1v) is 8.88. The van der Waals surface area contributed by atoms with Crippen LogP contribution in [0.25, 0.3) is 11.6 Å². The third-order valence-electron chi connectivity index (χ3n) is 4.45. The van der Waals surface area contributed by atoms with Crippen molar-refractivity contribution in [3.63, 3.8) is 0 Å². The Balaban J connectivity index is 1.41. The number of piperidine rings is 1. The molecule has 4 rings (SSSR count). The van der Waals surface area contributed by atoms with E-state index in [9.17, 15) is 8.78 Å². The quantitative estimate of drug-likeness (QED) is 0.848. The summed E-state index contributed by atoms with van der Waals surface area (Å²) in [5.74, 6) is -1.68. The first-order chi connectivity index (χ1) is 11.1. The molecule has 0 N–H and O–H groups in total. The normalized spacial score (nSPS) is 21.4. The molecule has 0 aromatic carbocycles. The van der Waals surface area contributed by atoms with Gasteiger partial charge in [0.15, 0.2) is 11.0 Å². The number of rotatable bonds is 4. The highest BCUT2D eigenvalue weighted by atomic mass is 32.1. The Morgan fingerprint density at radius 3 is 2.74 bits per heavy atom. The summed E-state index contributed by atoms with van der Waals surface area (Å²) in [5, 5.41) is 6.80. The summed E-state index contributed by atoms with van der Waals surface area (Å²) in [7, 11) is 0. The summed E-state index contributed by atoms with van der Waals surface area (Å²) in [5.41, 5.74) is 0.674. The third kappa shape index (κ3) is 3.22. The zero-order valence-corrected chi connectivity index (χ0v) is 13.5. The molecule has 2 fully saturated rings. The molecule has 0 bridgehead atoms. The number of hydrogen-bond donors (Lipinski definition) is 0. The molecule has 0 unspecified atom stereocenters. The molecule has 0 amide bonds. The fraction of sp³-hybridized carbons (Fsp3) is 0.667. The minimum Gasteiger partial charge on any atom is -0.348 e. The van der Waals surface area contributed by atoms with E-state index in [2.05, 4.69) is 20.0 Å². The highest BCUT2D eigenvalue weighted by Gasteiger charge is 2.45. The fourth-order valence-electron chi connectivity index (χ4n) is 3.22. The van der Waals surface area contributed by atoms with E-state index in [4.69, 9.17) is 4.52 Å². The van der Waals surface area contributed by atoms with Gasteiger partial charge in [0.05, 0.1) is 0 Å². The van der Waals surface area contributed by atoms with E-state index in [-0.39, 0.29) is 18.8 Å². The Labute approximate surface area is 136 Å². The summed E-state index contributed by atoms with van der Waals surface area (Å²) in [4.78, 5) is 11.2. The maximum atomic E-state index is 12.9. The van der Waals surface area contributed by atoms with Crippen LogP contribution in [-0.4, -0.2) is 34.1 Å². The number of hydrogen-bond acceptors (Lipinski definition) is 6. The molecule has 1 saturated carbocycles. The van der Waals surface area contributed by atoms with Crippen molar-refractivity contribution in [2.24, 2.45) is 5.92 Å². The number of nitrogens with zero attached hydrogens (tertiary/aromatic N) is 4. The van der Waals surface area contributed by atoms with Crippen molar-refractivity contribution in [2.75, 3.05) is 18.0 Å². The van der Waals surface area contributed by atoms with E-state index in [1.807, 2.05) is 5.38 Å². The van der Waals surface area contributed by atoms with Gasteiger partial charge in [0.2, 0.25) is 5.92 Å². The lowest BCUT2D eigenvalue weighted by Crippen LogP contribution is -2.36. The highest BCUT2D eigenvalue weighted by molar-refractivity contribution is 7.14. The van der Waals surface area contributed by atoms with Crippen LogP contribution in [0.15, 0.2) is 9.90 Å². The number of alkyl halides is 2. The Morgan fingerprint density at radius 2 is 2.00 bits per heavy atom.